The molecule has 2 aromatic carbocycles. The molecule has 1 saturated heterocycles. The molecule has 28 heavy (non-hydrogen) atoms. The molecule has 2 atom stereocenters. The minimum atomic E-state index is -2.76. The third kappa shape index (κ3) is 4.47. The van der Waals surface area contributed by atoms with Crippen LogP contribution in [0.2, 0.25) is 0 Å². The standard InChI is InChI=1S/C21H26NO4PS/c1-24-15-17-13-14-18(16-25-2)22(17)21(23)26-27(28,19-9-5-3-6-10-19)20-11-7-4-8-12-20/h3-12,17-18H,13-16H2,1-2H3/t17-,18-/m1/s1. The van der Waals surface area contributed by atoms with Crippen LogP contribution in [0.4, 0.5) is 4.79 Å². The normalized spacial score (nSPS) is 19.6. The van der Waals surface area contributed by atoms with Crippen molar-refractivity contribution in [2.75, 3.05) is 27.4 Å². The Labute approximate surface area is 171 Å². The Kier molecular flexibility index (Phi) is 7.24. The lowest BCUT2D eigenvalue weighted by Gasteiger charge is -2.32. The summed E-state index contributed by atoms with van der Waals surface area (Å²) in [7, 11) is 3.29. The van der Waals surface area contributed by atoms with E-state index in [4.69, 9.17) is 25.8 Å². The summed E-state index contributed by atoms with van der Waals surface area (Å²) in [4.78, 5) is 15.1. The predicted molar refractivity (Wildman–Crippen MR) is 115 cm³/mol. The number of ether oxygens (including phenoxy) is 2. The SMILES string of the molecule is COC[C@H]1CC[C@H](COC)N1C(=O)OP(=S)(c1ccccc1)c1ccccc1. The second-order valence-electron chi connectivity index (χ2n) is 6.78. The Bertz CT molecular complexity index is 760. The number of rotatable bonds is 7. The Morgan fingerprint density at radius 1 is 0.929 bits per heavy atom. The summed E-state index contributed by atoms with van der Waals surface area (Å²) >= 11 is 6.03. The van der Waals surface area contributed by atoms with Crippen LogP contribution in [-0.4, -0.2) is 50.5 Å². The first-order valence-electron chi connectivity index (χ1n) is 9.31. The van der Waals surface area contributed by atoms with Gasteiger partial charge < -0.3 is 14.0 Å². The van der Waals surface area contributed by atoms with Gasteiger partial charge in [0.05, 0.1) is 25.3 Å². The average molecular weight is 419 g/mol. The van der Waals surface area contributed by atoms with Crippen molar-refractivity contribution >= 4 is 34.8 Å². The highest BCUT2D eigenvalue weighted by atomic mass is 32.4. The minimum Gasteiger partial charge on any atom is -0.412 e. The molecule has 0 bridgehead atoms. The van der Waals surface area contributed by atoms with Crippen molar-refractivity contribution in [3.63, 3.8) is 0 Å². The van der Waals surface area contributed by atoms with Crippen LogP contribution in [0.1, 0.15) is 12.8 Å². The molecular weight excluding hydrogens is 393 g/mol. The molecule has 0 saturated carbocycles. The molecule has 1 aliphatic rings. The molecule has 150 valence electrons. The quantitative estimate of drug-likeness (QED) is 0.645. The molecule has 5 nitrogen and oxygen atoms in total. The van der Waals surface area contributed by atoms with E-state index in [-0.39, 0.29) is 12.1 Å². The van der Waals surface area contributed by atoms with Crippen molar-refractivity contribution in [3.8, 4) is 0 Å². The van der Waals surface area contributed by atoms with Gasteiger partial charge in [0, 0.05) is 24.8 Å². The summed E-state index contributed by atoms with van der Waals surface area (Å²) in [5.41, 5.74) is 0. The van der Waals surface area contributed by atoms with Crippen LogP contribution in [0.25, 0.3) is 0 Å². The molecule has 1 fully saturated rings. The number of benzene rings is 2. The number of methoxy groups -OCH3 is 2. The zero-order chi connectivity index (χ0) is 20.0. The first-order valence-corrected chi connectivity index (χ1v) is 12.0. The molecule has 3 rings (SSSR count). The summed E-state index contributed by atoms with van der Waals surface area (Å²) in [6.07, 6.45) is -1.44. The van der Waals surface area contributed by atoms with Gasteiger partial charge in [-0.3, -0.25) is 4.90 Å². The van der Waals surface area contributed by atoms with Crippen LogP contribution < -0.4 is 10.6 Å². The summed E-state index contributed by atoms with van der Waals surface area (Å²) < 4.78 is 16.8. The maximum absolute atomic E-state index is 13.3. The third-order valence-electron chi connectivity index (χ3n) is 4.95. The monoisotopic (exact) mass is 419 g/mol. The Morgan fingerprint density at radius 3 is 1.75 bits per heavy atom. The molecule has 1 heterocycles. The highest BCUT2D eigenvalue weighted by Crippen LogP contribution is 2.46. The lowest BCUT2D eigenvalue weighted by Crippen LogP contribution is -2.45. The summed E-state index contributed by atoms with van der Waals surface area (Å²) in [6.45, 7) is 0.934. The van der Waals surface area contributed by atoms with Gasteiger partial charge in [0.2, 0.25) is 0 Å². The second-order valence-corrected chi connectivity index (χ2v) is 10.6. The number of carbonyl (C=O) groups is 1. The van der Waals surface area contributed by atoms with Crippen LogP contribution in [0.3, 0.4) is 0 Å². The van der Waals surface area contributed by atoms with Crippen LogP contribution in [0.5, 0.6) is 0 Å². The van der Waals surface area contributed by atoms with Gasteiger partial charge in [-0.1, -0.05) is 60.7 Å². The van der Waals surface area contributed by atoms with Gasteiger partial charge in [-0.25, -0.2) is 4.79 Å². The molecule has 7 heteroatoms. The highest BCUT2D eigenvalue weighted by Gasteiger charge is 2.40. The molecule has 1 aliphatic heterocycles. The molecule has 2 aromatic rings. The first kappa shape index (κ1) is 21.0. The zero-order valence-corrected chi connectivity index (χ0v) is 17.9. The molecule has 0 radical (unpaired) electrons. The topological polar surface area (TPSA) is 48.0 Å². The number of carbonyl (C=O) groups excluding carboxylic acids is 1. The van der Waals surface area contributed by atoms with Crippen LogP contribution in [0, 0.1) is 0 Å². The lowest BCUT2D eigenvalue weighted by molar-refractivity contribution is 0.0650. The number of likely N-dealkylation sites (tertiary alicyclic amines) is 1. The molecule has 0 N–H and O–H groups in total. The van der Waals surface area contributed by atoms with Crippen molar-refractivity contribution < 1.29 is 18.8 Å². The van der Waals surface area contributed by atoms with Crippen LogP contribution >= 0.6 is 6.26 Å². The van der Waals surface area contributed by atoms with Gasteiger partial charge in [-0.15, -0.1) is 0 Å². The summed E-state index contributed by atoms with van der Waals surface area (Å²) in [5, 5.41) is 1.71. The van der Waals surface area contributed by atoms with Gasteiger partial charge in [-0.2, -0.15) is 0 Å². The van der Waals surface area contributed by atoms with Crippen LogP contribution in [-0.2, 0) is 25.8 Å². The van der Waals surface area contributed by atoms with E-state index in [1.807, 2.05) is 60.7 Å². The number of amides is 1. The van der Waals surface area contributed by atoms with Crippen molar-refractivity contribution in [1.82, 2.24) is 4.90 Å². The summed E-state index contributed by atoms with van der Waals surface area (Å²) in [5.74, 6) is 0. The molecule has 0 spiro atoms. The van der Waals surface area contributed by atoms with Crippen molar-refractivity contribution in [1.29, 1.82) is 0 Å². The van der Waals surface area contributed by atoms with E-state index in [1.54, 1.807) is 19.1 Å². The largest absolute Gasteiger partial charge is 0.414 e. The average Bonchev–Trinajstić information content (AvgIpc) is 3.12. The van der Waals surface area contributed by atoms with E-state index in [1.165, 1.54) is 0 Å². The van der Waals surface area contributed by atoms with Gasteiger partial charge in [-0.05, 0) is 24.6 Å². The van der Waals surface area contributed by atoms with Crippen molar-refractivity contribution in [2.45, 2.75) is 24.9 Å². The number of hydrogen-bond acceptors (Lipinski definition) is 5. The van der Waals surface area contributed by atoms with Crippen molar-refractivity contribution in [2.24, 2.45) is 0 Å². The first-order chi connectivity index (χ1) is 13.6. The minimum absolute atomic E-state index is 0.0346. The maximum Gasteiger partial charge on any atom is 0.414 e. The fourth-order valence-electron chi connectivity index (χ4n) is 3.63. The Hall–Kier alpha value is -1.72. The summed E-state index contributed by atoms with van der Waals surface area (Å²) in [6, 6.07) is 19.2. The van der Waals surface area contributed by atoms with Gasteiger partial charge in [0.1, 0.15) is 0 Å². The molecule has 0 aliphatic carbocycles. The highest BCUT2D eigenvalue weighted by molar-refractivity contribution is 8.19. The number of hydrogen-bond donors (Lipinski definition) is 0. The van der Waals surface area contributed by atoms with E-state index >= 15 is 0 Å². The molecule has 0 aromatic heterocycles. The zero-order valence-electron chi connectivity index (χ0n) is 16.2. The second kappa shape index (κ2) is 9.66. The van der Waals surface area contributed by atoms with Crippen molar-refractivity contribution in [3.05, 3.63) is 60.7 Å². The van der Waals surface area contributed by atoms with E-state index in [2.05, 4.69) is 0 Å². The number of nitrogens with zero attached hydrogens (tertiary/aromatic N) is 1. The smallest absolute Gasteiger partial charge is 0.412 e. The fourth-order valence-corrected chi connectivity index (χ4v) is 6.51. The fraction of sp³-hybridized carbons (Fsp3) is 0.381. The van der Waals surface area contributed by atoms with E-state index in [9.17, 15) is 4.79 Å². The maximum atomic E-state index is 13.3. The van der Waals surface area contributed by atoms with E-state index in [0.29, 0.717) is 13.2 Å². The third-order valence-corrected chi connectivity index (χ3v) is 8.81. The lowest BCUT2D eigenvalue weighted by atomic mass is 10.2. The van der Waals surface area contributed by atoms with Crippen LogP contribution in [0.15, 0.2) is 60.7 Å². The molecule has 0 unspecified atom stereocenters. The molecular formula is C21H26NO4PS. The Morgan fingerprint density at radius 2 is 1.36 bits per heavy atom. The van der Waals surface area contributed by atoms with Gasteiger partial charge in [0.15, 0.2) is 6.26 Å². The molecule has 1 amide bonds. The Balaban J connectivity index is 1.94. The predicted octanol–water partition coefficient (Wildman–Crippen LogP) is 3.29. The van der Waals surface area contributed by atoms with E-state index in [0.717, 1.165) is 23.5 Å². The van der Waals surface area contributed by atoms with Gasteiger partial charge in [0.25, 0.3) is 0 Å². The van der Waals surface area contributed by atoms with Gasteiger partial charge >= 0.3 is 6.09 Å². The van der Waals surface area contributed by atoms with E-state index < -0.39 is 12.4 Å².